The number of methoxy groups -OCH3 is 1. The zero-order valence-electron chi connectivity index (χ0n) is 16.0. The number of hydrogen-bond donors (Lipinski definition) is 2. The quantitative estimate of drug-likeness (QED) is 0.498. The van der Waals surface area contributed by atoms with Gasteiger partial charge in [0, 0.05) is 52.1 Å². The minimum Gasteiger partial charge on any atom is -0.383 e. The van der Waals surface area contributed by atoms with Crippen LogP contribution in [0, 0.1) is 0 Å². The molecule has 0 aliphatic carbocycles. The lowest BCUT2D eigenvalue weighted by Gasteiger charge is -2.20. The summed E-state index contributed by atoms with van der Waals surface area (Å²) in [6.45, 7) is 8.04. The molecule has 0 amide bonds. The van der Waals surface area contributed by atoms with E-state index in [0.717, 1.165) is 64.1 Å². The van der Waals surface area contributed by atoms with Gasteiger partial charge >= 0.3 is 0 Å². The highest BCUT2D eigenvalue weighted by molar-refractivity contribution is 6.32. The van der Waals surface area contributed by atoms with Crippen molar-refractivity contribution in [3.05, 3.63) is 23.4 Å². The van der Waals surface area contributed by atoms with Gasteiger partial charge in [0.05, 0.1) is 18.2 Å². The molecule has 146 valence electrons. The Hall–Kier alpha value is -1.57. The van der Waals surface area contributed by atoms with Gasteiger partial charge in [0.25, 0.3) is 0 Å². The fourth-order valence-electron chi connectivity index (χ4n) is 2.89. The van der Waals surface area contributed by atoms with Crippen molar-refractivity contribution in [2.24, 2.45) is 4.99 Å². The molecule has 1 unspecified atom stereocenters. The number of guanidine groups is 1. The highest BCUT2D eigenvalue weighted by atomic mass is 35.5. The number of pyridine rings is 1. The van der Waals surface area contributed by atoms with Crippen LogP contribution in [0.15, 0.2) is 23.3 Å². The van der Waals surface area contributed by atoms with E-state index in [1.807, 2.05) is 12.1 Å². The first-order chi connectivity index (χ1) is 12.6. The topological polar surface area (TPSA) is 65.0 Å². The number of aromatic nitrogens is 1. The zero-order valence-corrected chi connectivity index (χ0v) is 16.8. The van der Waals surface area contributed by atoms with E-state index in [1.54, 1.807) is 13.3 Å². The van der Waals surface area contributed by atoms with Crippen LogP contribution in [0.25, 0.3) is 0 Å². The Balaban J connectivity index is 1.84. The Morgan fingerprint density at radius 1 is 1.50 bits per heavy atom. The van der Waals surface area contributed by atoms with Gasteiger partial charge in [-0.3, -0.25) is 4.99 Å². The molecular weight excluding hydrogens is 352 g/mol. The summed E-state index contributed by atoms with van der Waals surface area (Å²) in [6, 6.07) is 4.07. The lowest BCUT2D eigenvalue weighted by molar-refractivity contribution is 0.163. The lowest BCUT2D eigenvalue weighted by atomic mass is 10.3. The standard InChI is InChI=1S/C18H31ClN6O/c1-4-20-18(22-9-11-24(2)12-13-26-3)23-15-7-10-25(14-15)17-16(19)6-5-8-21-17/h5-6,8,15H,4,7,9-14H2,1-3H3,(H2,20,22,23). The van der Waals surface area contributed by atoms with E-state index in [2.05, 4.69) is 39.4 Å². The number of halogens is 1. The van der Waals surface area contributed by atoms with Crippen LogP contribution >= 0.6 is 11.6 Å². The average molecular weight is 383 g/mol. The van der Waals surface area contributed by atoms with Crippen molar-refractivity contribution in [3.63, 3.8) is 0 Å². The molecule has 1 aliphatic rings. The molecule has 26 heavy (non-hydrogen) atoms. The van der Waals surface area contributed by atoms with Crippen molar-refractivity contribution in [2.45, 2.75) is 19.4 Å². The van der Waals surface area contributed by atoms with Gasteiger partial charge in [-0.15, -0.1) is 0 Å². The number of aliphatic imine (C=N–C) groups is 1. The third-order valence-electron chi connectivity index (χ3n) is 4.34. The third-order valence-corrected chi connectivity index (χ3v) is 4.64. The van der Waals surface area contributed by atoms with Gasteiger partial charge in [-0.2, -0.15) is 0 Å². The van der Waals surface area contributed by atoms with Crippen LogP contribution in [0.4, 0.5) is 5.82 Å². The van der Waals surface area contributed by atoms with Gasteiger partial charge in [-0.25, -0.2) is 4.98 Å². The predicted molar refractivity (Wildman–Crippen MR) is 108 cm³/mol. The van der Waals surface area contributed by atoms with E-state index in [4.69, 9.17) is 21.3 Å². The second-order valence-corrected chi connectivity index (χ2v) is 6.85. The highest BCUT2D eigenvalue weighted by Crippen LogP contribution is 2.25. The molecule has 7 nitrogen and oxygen atoms in total. The molecule has 1 saturated heterocycles. The molecule has 8 heteroatoms. The Morgan fingerprint density at radius 3 is 3.08 bits per heavy atom. The molecule has 0 aromatic carbocycles. The van der Waals surface area contributed by atoms with Crippen LogP contribution in [0.2, 0.25) is 5.02 Å². The maximum Gasteiger partial charge on any atom is 0.191 e. The Labute approximate surface area is 161 Å². The normalized spacial score (nSPS) is 17.8. The molecule has 2 heterocycles. The van der Waals surface area contributed by atoms with E-state index in [0.29, 0.717) is 11.1 Å². The summed E-state index contributed by atoms with van der Waals surface area (Å²) in [6.07, 6.45) is 2.82. The van der Waals surface area contributed by atoms with Crippen molar-refractivity contribution in [3.8, 4) is 0 Å². The van der Waals surface area contributed by atoms with Crippen LogP contribution in [-0.4, -0.2) is 81.9 Å². The number of nitrogens with one attached hydrogen (secondary N) is 2. The van der Waals surface area contributed by atoms with Crippen LogP contribution in [0.5, 0.6) is 0 Å². The minimum atomic E-state index is 0.331. The third kappa shape index (κ3) is 6.63. The summed E-state index contributed by atoms with van der Waals surface area (Å²) in [7, 11) is 3.81. The first-order valence-corrected chi connectivity index (χ1v) is 9.59. The van der Waals surface area contributed by atoms with Crippen molar-refractivity contribution in [1.82, 2.24) is 20.5 Å². The van der Waals surface area contributed by atoms with E-state index in [9.17, 15) is 0 Å². The number of rotatable bonds is 9. The second kappa shape index (κ2) is 11.2. The molecule has 0 bridgehead atoms. The number of hydrogen-bond acceptors (Lipinski definition) is 5. The molecule has 2 N–H and O–H groups in total. The molecule has 1 aliphatic heterocycles. The summed E-state index contributed by atoms with van der Waals surface area (Å²) < 4.78 is 5.10. The molecule has 0 spiro atoms. The number of anilines is 1. The van der Waals surface area contributed by atoms with Crippen LogP contribution < -0.4 is 15.5 Å². The number of ether oxygens (including phenoxy) is 1. The molecule has 1 aromatic heterocycles. The Kier molecular flexibility index (Phi) is 8.94. The summed E-state index contributed by atoms with van der Waals surface area (Å²) in [5.74, 6) is 1.73. The zero-order chi connectivity index (χ0) is 18.8. The first kappa shape index (κ1) is 20.7. The Bertz CT molecular complexity index is 570. The van der Waals surface area contributed by atoms with E-state index >= 15 is 0 Å². The van der Waals surface area contributed by atoms with Gasteiger partial charge in [0.2, 0.25) is 0 Å². The number of likely N-dealkylation sites (N-methyl/N-ethyl adjacent to an activating group) is 1. The second-order valence-electron chi connectivity index (χ2n) is 6.44. The molecule has 1 fully saturated rings. The van der Waals surface area contributed by atoms with E-state index < -0.39 is 0 Å². The van der Waals surface area contributed by atoms with Gasteiger partial charge in [-0.05, 0) is 32.5 Å². The van der Waals surface area contributed by atoms with E-state index in [-0.39, 0.29) is 0 Å². The maximum atomic E-state index is 6.27. The molecule has 1 aromatic rings. The van der Waals surface area contributed by atoms with Gasteiger partial charge < -0.3 is 25.2 Å². The largest absolute Gasteiger partial charge is 0.383 e. The first-order valence-electron chi connectivity index (χ1n) is 9.21. The molecule has 2 rings (SSSR count). The smallest absolute Gasteiger partial charge is 0.191 e. The van der Waals surface area contributed by atoms with Crippen LogP contribution in [0.3, 0.4) is 0 Å². The van der Waals surface area contributed by atoms with Crippen LogP contribution in [0.1, 0.15) is 13.3 Å². The van der Waals surface area contributed by atoms with Gasteiger partial charge in [0.15, 0.2) is 5.96 Å². The fourth-order valence-corrected chi connectivity index (χ4v) is 3.13. The summed E-state index contributed by atoms with van der Waals surface area (Å²) in [5.41, 5.74) is 0. The molecule has 0 saturated carbocycles. The van der Waals surface area contributed by atoms with Gasteiger partial charge in [0.1, 0.15) is 5.82 Å². The minimum absolute atomic E-state index is 0.331. The predicted octanol–water partition coefficient (Wildman–Crippen LogP) is 1.45. The lowest BCUT2D eigenvalue weighted by Crippen LogP contribution is -2.45. The van der Waals surface area contributed by atoms with Crippen molar-refractivity contribution in [1.29, 1.82) is 0 Å². The SMILES string of the molecule is CCNC(=NCCN(C)CCOC)NC1CCN(c2ncccc2Cl)C1. The number of nitrogens with zero attached hydrogens (tertiary/aromatic N) is 4. The summed E-state index contributed by atoms with van der Waals surface area (Å²) in [5, 5.41) is 7.57. The fraction of sp³-hybridized carbons (Fsp3) is 0.667. The maximum absolute atomic E-state index is 6.27. The molecule has 1 atom stereocenters. The van der Waals surface area contributed by atoms with Gasteiger partial charge in [-0.1, -0.05) is 11.6 Å². The molecule has 0 radical (unpaired) electrons. The highest BCUT2D eigenvalue weighted by Gasteiger charge is 2.25. The molecular formula is C18H31ClN6O. The summed E-state index contributed by atoms with van der Waals surface area (Å²) >= 11 is 6.27. The van der Waals surface area contributed by atoms with E-state index in [1.165, 1.54) is 0 Å². The van der Waals surface area contributed by atoms with Crippen molar-refractivity contribution in [2.75, 3.05) is 64.9 Å². The van der Waals surface area contributed by atoms with Crippen LogP contribution in [-0.2, 0) is 4.74 Å². The monoisotopic (exact) mass is 382 g/mol. The Morgan fingerprint density at radius 2 is 2.35 bits per heavy atom. The summed E-state index contributed by atoms with van der Waals surface area (Å²) in [4.78, 5) is 13.5. The van der Waals surface area contributed by atoms with Crippen molar-refractivity contribution >= 4 is 23.4 Å². The average Bonchev–Trinajstić information content (AvgIpc) is 3.08. The van der Waals surface area contributed by atoms with Crippen molar-refractivity contribution < 1.29 is 4.74 Å².